The van der Waals surface area contributed by atoms with E-state index in [0.717, 1.165) is 32.1 Å². The Morgan fingerprint density at radius 3 is 2.66 bits per heavy atom. The van der Waals surface area contributed by atoms with Gasteiger partial charge in [-0.2, -0.15) is 0 Å². The molecule has 162 valence electrons. The number of hydrogen-bond acceptors (Lipinski definition) is 5. The first-order chi connectivity index (χ1) is 14.0. The first-order valence-electron chi connectivity index (χ1n) is 10.8. The van der Waals surface area contributed by atoms with Crippen LogP contribution in [0.25, 0.3) is 0 Å². The molecule has 1 aliphatic rings. The number of benzene rings is 1. The molecule has 1 aromatic carbocycles. The van der Waals surface area contributed by atoms with E-state index in [1.807, 2.05) is 6.92 Å². The molecule has 1 fully saturated rings. The van der Waals surface area contributed by atoms with Crippen LogP contribution in [0.2, 0.25) is 0 Å². The molecule has 1 N–H and O–H groups in total. The molecule has 0 radical (unpaired) electrons. The van der Waals surface area contributed by atoms with Crippen molar-refractivity contribution in [2.24, 2.45) is 5.92 Å². The second-order valence-electron chi connectivity index (χ2n) is 7.90. The summed E-state index contributed by atoms with van der Waals surface area (Å²) in [6, 6.07) is 5.08. The van der Waals surface area contributed by atoms with E-state index in [4.69, 9.17) is 14.2 Å². The maximum absolute atomic E-state index is 13.2. The summed E-state index contributed by atoms with van der Waals surface area (Å²) in [5.41, 5.74) is 0.0351. The Morgan fingerprint density at radius 1 is 1.21 bits per heavy atom. The van der Waals surface area contributed by atoms with Crippen LogP contribution in [0.4, 0.5) is 5.69 Å². The zero-order valence-electron chi connectivity index (χ0n) is 18.2. The van der Waals surface area contributed by atoms with Gasteiger partial charge in [-0.3, -0.25) is 4.79 Å². The number of anilines is 1. The van der Waals surface area contributed by atoms with Gasteiger partial charge in [0.15, 0.2) is 0 Å². The van der Waals surface area contributed by atoms with Crippen molar-refractivity contribution in [3.8, 4) is 5.75 Å². The lowest BCUT2D eigenvalue weighted by Crippen LogP contribution is -2.48. The van der Waals surface area contributed by atoms with E-state index in [2.05, 4.69) is 19.2 Å². The summed E-state index contributed by atoms with van der Waals surface area (Å²) in [5, 5.41) is 2.97. The first kappa shape index (κ1) is 23.2. The molecule has 0 bridgehead atoms. The van der Waals surface area contributed by atoms with E-state index < -0.39 is 11.6 Å². The number of nitrogens with one attached hydrogen (secondary N) is 1. The number of carbonyl (C=O) groups excluding carboxylic acids is 2. The van der Waals surface area contributed by atoms with Crippen LogP contribution in [0, 0.1) is 5.92 Å². The number of methoxy groups -OCH3 is 1. The van der Waals surface area contributed by atoms with Crippen LogP contribution < -0.4 is 10.1 Å². The van der Waals surface area contributed by atoms with Crippen molar-refractivity contribution in [1.82, 2.24) is 0 Å². The van der Waals surface area contributed by atoms with Crippen molar-refractivity contribution >= 4 is 17.6 Å². The summed E-state index contributed by atoms with van der Waals surface area (Å²) in [6.45, 7) is 7.35. The summed E-state index contributed by atoms with van der Waals surface area (Å²) >= 11 is 0. The van der Waals surface area contributed by atoms with Gasteiger partial charge in [0, 0.05) is 12.3 Å². The maximum atomic E-state index is 13.2. The first-order valence-corrected chi connectivity index (χ1v) is 10.8. The van der Waals surface area contributed by atoms with Crippen LogP contribution in [-0.4, -0.2) is 37.8 Å². The predicted molar refractivity (Wildman–Crippen MR) is 113 cm³/mol. The number of rotatable bonds is 10. The third-order valence-electron chi connectivity index (χ3n) is 5.35. The fourth-order valence-electron chi connectivity index (χ4n) is 3.78. The van der Waals surface area contributed by atoms with E-state index in [9.17, 15) is 9.59 Å². The lowest BCUT2D eigenvalue weighted by molar-refractivity contribution is -0.148. The Hall–Kier alpha value is -2.08. The van der Waals surface area contributed by atoms with Gasteiger partial charge in [0.05, 0.1) is 13.7 Å². The van der Waals surface area contributed by atoms with Gasteiger partial charge in [-0.05, 0) is 56.2 Å². The Labute approximate surface area is 174 Å². The number of carbonyl (C=O) groups is 2. The topological polar surface area (TPSA) is 73.9 Å². The Kier molecular flexibility index (Phi) is 8.96. The van der Waals surface area contributed by atoms with Crippen molar-refractivity contribution in [2.45, 2.75) is 71.3 Å². The average molecular weight is 406 g/mol. The Morgan fingerprint density at radius 2 is 2.00 bits per heavy atom. The number of amides is 1. The van der Waals surface area contributed by atoms with E-state index >= 15 is 0 Å². The Balaban J connectivity index is 2.21. The maximum Gasteiger partial charge on any atom is 0.341 e. The molecule has 1 amide bonds. The highest BCUT2D eigenvalue weighted by atomic mass is 16.5. The van der Waals surface area contributed by atoms with E-state index in [-0.39, 0.29) is 5.91 Å². The second-order valence-corrected chi connectivity index (χ2v) is 7.90. The van der Waals surface area contributed by atoms with Gasteiger partial charge in [0.25, 0.3) is 5.91 Å². The third kappa shape index (κ3) is 6.20. The van der Waals surface area contributed by atoms with Gasteiger partial charge in [-0.1, -0.05) is 33.6 Å². The minimum absolute atomic E-state index is 0.145. The largest absolute Gasteiger partial charge is 0.493 e. The van der Waals surface area contributed by atoms with Gasteiger partial charge >= 0.3 is 5.97 Å². The Bertz CT molecular complexity index is 690. The van der Waals surface area contributed by atoms with Gasteiger partial charge in [0.2, 0.25) is 0 Å². The fraction of sp³-hybridized carbons (Fsp3) is 0.652. The molecule has 0 saturated heterocycles. The molecule has 1 aromatic rings. The molecule has 2 atom stereocenters. The van der Waals surface area contributed by atoms with E-state index in [0.29, 0.717) is 49.0 Å². The van der Waals surface area contributed by atoms with Crippen molar-refractivity contribution < 1.29 is 23.8 Å². The summed E-state index contributed by atoms with van der Waals surface area (Å²) in [7, 11) is 1.33. The summed E-state index contributed by atoms with van der Waals surface area (Å²) in [4.78, 5) is 25.4. The van der Waals surface area contributed by atoms with Gasteiger partial charge in [-0.15, -0.1) is 0 Å². The van der Waals surface area contributed by atoms with Crippen molar-refractivity contribution in [2.75, 3.05) is 25.6 Å². The lowest BCUT2D eigenvalue weighted by Gasteiger charge is -2.38. The monoisotopic (exact) mass is 405 g/mol. The van der Waals surface area contributed by atoms with E-state index in [1.165, 1.54) is 7.11 Å². The second kappa shape index (κ2) is 11.2. The van der Waals surface area contributed by atoms with Gasteiger partial charge in [-0.25, -0.2) is 4.79 Å². The van der Waals surface area contributed by atoms with Crippen LogP contribution >= 0.6 is 0 Å². The van der Waals surface area contributed by atoms with Crippen LogP contribution in [0.5, 0.6) is 5.75 Å². The molecule has 0 aliphatic heterocycles. The zero-order valence-corrected chi connectivity index (χ0v) is 18.2. The molecule has 1 saturated carbocycles. The zero-order chi connectivity index (χ0) is 21.3. The number of hydrogen-bond donors (Lipinski definition) is 1. The highest BCUT2D eigenvalue weighted by Gasteiger charge is 2.42. The number of esters is 1. The predicted octanol–water partition coefficient (Wildman–Crippen LogP) is 4.97. The van der Waals surface area contributed by atoms with Crippen molar-refractivity contribution in [3.63, 3.8) is 0 Å². The molecule has 29 heavy (non-hydrogen) atoms. The van der Waals surface area contributed by atoms with Crippen LogP contribution in [0.3, 0.4) is 0 Å². The van der Waals surface area contributed by atoms with Crippen molar-refractivity contribution in [1.29, 1.82) is 0 Å². The van der Waals surface area contributed by atoms with Gasteiger partial charge in [0.1, 0.15) is 16.9 Å². The van der Waals surface area contributed by atoms with Crippen LogP contribution in [0.1, 0.15) is 76.1 Å². The molecule has 0 heterocycles. The molecular weight excluding hydrogens is 370 g/mol. The van der Waals surface area contributed by atoms with Crippen LogP contribution in [0.15, 0.2) is 18.2 Å². The SMILES string of the molecule is CCCCOc1ccc(NC(=O)[C@]2(OCCC)CCC[C@H](C)C2)cc1C(=O)OC. The quantitative estimate of drug-likeness (QED) is 0.440. The average Bonchev–Trinajstić information content (AvgIpc) is 2.72. The molecule has 6 heteroatoms. The molecular formula is C23H35NO5. The molecule has 0 unspecified atom stereocenters. The van der Waals surface area contributed by atoms with E-state index in [1.54, 1.807) is 18.2 Å². The standard InChI is InChI=1S/C23H35NO5/c1-5-7-14-28-20-11-10-18(15-19(20)21(25)27-4)24-22(26)23(29-13-6-2)12-8-9-17(3)16-23/h10-11,15,17H,5-9,12-14,16H2,1-4H3,(H,24,26)/t17-,23-/m0/s1. The highest BCUT2D eigenvalue weighted by molar-refractivity contribution is 5.99. The molecule has 1 aliphatic carbocycles. The minimum Gasteiger partial charge on any atom is -0.493 e. The molecule has 0 aromatic heterocycles. The van der Waals surface area contributed by atoms with Crippen LogP contribution in [-0.2, 0) is 14.3 Å². The molecule has 2 rings (SSSR count). The number of unbranched alkanes of at least 4 members (excludes halogenated alkanes) is 1. The lowest BCUT2D eigenvalue weighted by atomic mass is 9.78. The summed E-state index contributed by atoms with van der Waals surface area (Å²) in [6.07, 6.45) is 6.26. The summed E-state index contributed by atoms with van der Waals surface area (Å²) < 4.78 is 16.7. The minimum atomic E-state index is -0.810. The molecule has 6 nitrogen and oxygen atoms in total. The smallest absolute Gasteiger partial charge is 0.341 e. The summed E-state index contributed by atoms with van der Waals surface area (Å²) in [5.74, 6) is 0.265. The fourth-order valence-corrected chi connectivity index (χ4v) is 3.78. The molecule has 0 spiro atoms. The normalized spacial score (nSPS) is 21.4. The van der Waals surface area contributed by atoms with Gasteiger partial charge < -0.3 is 19.5 Å². The number of ether oxygens (including phenoxy) is 3. The third-order valence-corrected chi connectivity index (χ3v) is 5.35. The van der Waals surface area contributed by atoms with Crippen molar-refractivity contribution in [3.05, 3.63) is 23.8 Å². The highest BCUT2D eigenvalue weighted by Crippen LogP contribution is 2.36.